The lowest BCUT2D eigenvalue weighted by Gasteiger charge is -2.16. The average molecular weight is 386 g/mol. The van der Waals surface area contributed by atoms with E-state index < -0.39 is 0 Å². The monoisotopic (exact) mass is 386 g/mol. The Morgan fingerprint density at radius 3 is 2.66 bits per heavy atom. The summed E-state index contributed by atoms with van der Waals surface area (Å²) in [5.74, 6) is 0.678. The molecule has 5 nitrogen and oxygen atoms in total. The number of Topliss-reactive ketones (excluding diaryl/α,β-unsaturated/α-hetero) is 1. The number of hydrogen-bond acceptors (Lipinski definition) is 4. The lowest BCUT2D eigenvalue weighted by molar-refractivity contribution is 0.0992. The Labute approximate surface area is 167 Å². The van der Waals surface area contributed by atoms with Crippen LogP contribution in [0.2, 0.25) is 0 Å². The van der Waals surface area contributed by atoms with Crippen molar-refractivity contribution in [3.63, 3.8) is 0 Å². The van der Waals surface area contributed by atoms with Crippen LogP contribution in [-0.2, 0) is 19.4 Å². The highest BCUT2D eigenvalue weighted by atomic mass is 19.1. The second-order valence-corrected chi connectivity index (χ2v) is 7.37. The van der Waals surface area contributed by atoms with E-state index in [0.717, 1.165) is 47.4 Å². The Kier molecular flexibility index (Phi) is 4.39. The summed E-state index contributed by atoms with van der Waals surface area (Å²) in [6.07, 6.45) is 8.96. The van der Waals surface area contributed by atoms with Gasteiger partial charge in [0, 0.05) is 42.0 Å². The number of carbonyl (C=O) groups excluding carboxylic acids is 1. The fourth-order valence-corrected chi connectivity index (χ4v) is 3.84. The van der Waals surface area contributed by atoms with Gasteiger partial charge in [0.05, 0.1) is 24.0 Å². The van der Waals surface area contributed by atoms with Crippen molar-refractivity contribution in [1.82, 2.24) is 19.5 Å². The molecule has 0 spiro atoms. The third-order valence-electron chi connectivity index (χ3n) is 5.40. The van der Waals surface area contributed by atoms with Crippen molar-refractivity contribution in [2.45, 2.75) is 32.2 Å². The highest BCUT2D eigenvalue weighted by Crippen LogP contribution is 2.26. The first kappa shape index (κ1) is 17.7. The molecular weight excluding hydrogens is 367 g/mol. The van der Waals surface area contributed by atoms with E-state index in [0.29, 0.717) is 11.3 Å². The second-order valence-electron chi connectivity index (χ2n) is 7.37. The minimum Gasteiger partial charge on any atom is -0.327 e. The summed E-state index contributed by atoms with van der Waals surface area (Å²) < 4.78 is 15.3. The topological polar surface area (TPSA) is 60.7 Å². The summed E-state index contributed by atoms with van der Waals surface area (Å²) in [4.78, 5) is 26.0. The molecule has 0 unspecified atom stereocenters. The summed E-state index contributed by atoms with van der Waals surface area (Å²) in [6, 6.07) is 9.56. The van der Waals surface area contributed by atoms with Crippen LogP contribution < -0.4 is 0 Å². The third-order valence-corrected chi connectivity index (χ3v) is 5.40. The van der Waals surface area contributed by atoms with Crippen LogP contribution in [0.4, 0.5) is 4.39 Å². The number of aryl methyl sites for hydroxylation is 1. The molecule has 1 aliphatic rings. The van der Waals surface area contributed by atoms with Crippen LogP contribution in [-0.4, -0.2) is 25.3 Å². The number of pyridine rings is 2. The zero-order valence-corrected chi connectivity index (χ0v) is 15.8. The third kappa shape index (κ3) is 3.42. The van der Waals surface area contributed by atoms with Gasteiger partial charge in [0.15, 0.2) is 5.78 Å². The van der Waals surface area contributed by atoms with E-state index in [9.17, 15) is 9.18 Å². The number of fused-ring (bicyclic) bond motifs is 2. The normalized spacial score (nSPS) is 13.4. The molecule has 5 rings (SSSR count). The van der Waals surface area contributed by atoms with E-state index in [4.69, 9.17) is 0 Å². The molecule has 1 aliphatic heterocycles. The van der Waals surface area contributed by atoms with Crippen LogP contribution in [0.25, 0.3) is 22.2 Å². The van der Waals surface area contributed by atoms with E-state index >= 15 is 0 Å². The quantitative estimate of drug-likeness (QED) is 0.488. The van der Waals surface area contributed by atoms with E-state index in [1.165, 1.54) is 30.7 Å². The molecule has 0 fully saturated rings. The van der Waals surface area contributed by atoms with Crippen LogP contribution in [0.5, 0.6) is 0 Å². The SMILES string of the molecule is O=C(Cc1cc2cc(-c3cnc4n3CCCC4)ncc2cn1)c1ccc(F)cc1. The van der Waals surface area contributed by atoms with E-state index in [-0.39, 0.29) is 18.0 Å². The zero-order chi connectivity index (χ0) is 19.8. The molecule has 4 aromatic rings. The van der Waals surface area contributed by atoms with Crippen molar-refractivity contribution >= 4 is 16.6 Å². The van der Waals surface area contributed by atoms with Gasteiger partial charge in [-0.2, -0.15) is 0 Å². The number of ketones is 1. The zero-order valence-electron chi connectivity index (χ0n) is 15.8. The molecule has 0 radical (unpaired) electrons. The largest absolute Gasteiger partial charge is 0.327 e. The van der Waals surface area contributed by atoms with Crippen LogP contribution >= 0.6 is 0 Å². The predicted molar refractivity (Wildman–Crippen MR) is 108 cm³/mol. The van der Waals surface area contributed by atoms with Gasteiger partial charge < -0.3 is 4.57 Å². The Hall–Kier alpha value is -3.41. The van der Waals surface area contributed by atoms with Gasteiger partial charge in [-0.3, -0.25) is 14.8 Å². The summed E-state index contributed by atoms with van der Waals surface area (Å²) >= 11 is 0. The smallest absolute Gasteiger partial charge is 0.168 e. The minimum absolute atomic E-state index is 0.0870. The van der Waals surface area contributed by atoms with Crippen molar-refractivity contribution in [3.8, 4) is 11.4 Å². The van der Waals surface area contributed by atoms with Gasteiger partial charge in [0.2, 0.25) is 0 Å². The van der Waals surface area contributed by atoms with Gasteiger partial charge in [-0.1, -0.05) is 0 Å². The fraction of sp³-hybridized carbons (Fsp3) is 0.217. The molecule has 0 amide bonds. The maximum Gasteiger partial charge on any atom is 0.168 e. The highest BCUT2D eigenvalue weighted by Gasteiger charge is 2.16. The first-order chi connectivity index (χ1) is 14.2. The molecular formula is C23H19FN4O. The standard InChI is InChI=1S/C23H19FN4O/c24-18-6-4-15(5-7-18)22(29)11-19-9-16-10-20(26-13-17(16)12-25-19)21-14-27-23-3-1-2-8-28(21)23/h4-7,9-10,12-14H,1-3,8,11H2. The summed E-state index contributed by atoms with van der Waals surface area (Å²) in [6.45, 7) is 0.970. The first-order valence-corrected chi connectivity index (χ1v) is 9.75. The summed E-state index contributed by atoms with van der Waals surface area (Å²) in [5, 5.41) is 1.91. The minimum atomic E-state index is -0.354. The van der Waals surface area contributed by atoms with E-state index in [1.807, 2.05) is 24.5 Å². The maximum absolute atomic E-state index is 13.1. The van der Waals surface area contributed by atoms with Crippen LogP contribution in [0.1, 0.15) is 34.7 Å². The molecule has 0 N–H and O–H groups in total. The van der Waals surface area contributed by atoms with Crippen LogP contribution in [0.3, 0.4) is 0 Å². The van der Waals surface area contributed by atoms with Gasteiger partial charge in [0.1, 0.15) is 11.6 Å². The molecule has 144 valence electrons. The molecule has 1 aromatic carbocycles. The number of hydrogen-bond donors (Lipinski definition) is 0. The molecule has 4 heterocycles. The molecule has 0 atom stereocenters. The number of rotatable bonds is 4. The van der Waals surface area contributed by atoms with Crippen LogP contribution in [0, 0.1) is 5.82 Å². The Morgan fingerprint density at radius 2 is 1.79 bits per heavy atom. The maximum atomic E-state index is 13.1. The van der Waals surface area contributed by atoms with Crippen LogP contribution in [0.15, 0.2) is 55.0 Å². The van der Waals surface area contributed by atoms with Gasteiger partial charge >= 0.3 is 0 Å². The number of aromatic nitrogens is 4. The number of halogens is 1. The summed E-state index contributed by atoms with van der Waals surface area (Å²) in [5.41, 5.74) is 3.07. The second kappa shape index (κ2) is 7.20. The van der Waals surface area contributed by atoms with Crippen molar-refractivity contribution in [2.75, 3.05) is 0 Å². The first-order valence-electron chi connectivity index (χ1n) is 9.75. The van der Waals surface area contributed by atoms with Crippen molar-refractivity contribution < 1.29 is 9.18 Å². The molecule has 29 heavy (non-hydrogen) atoms. The molecule has 3 aromatic heterocycles. The Morgan fingerprint density at radius 1 is 0.966 bits per heavy atom. The summed E-state index contributed by atoms with van der Waals surface area (Å²) in [7, 11) is 0. The number of benzene rings is 1. The lowest BCUT2D eigenvalue weighted by atomic mass is 10.0. The van der Waals surface area contributed by atoms with Gasteiger partial charge in [-0.05, 0) is 54.6 Å². The molecule has 0 saturated carbocycles. The van der Waals surface area contributed by atoms with E-state index in [1.54, 1.807) is 6.20 Å². The van der Waals surface area contributed by atoms with Crippen molar-refractivity contribution in [3.05, 3.63) is 77.9 Å². The van der Waals surface area contributed by atoms with E-state index in [2.05, 4.69) is 19.5 Å². The molecule has 0 aliphatic carbocycles. The molecule has 0 saturated heterocycles. The Bertz CT molecular complexity index is 1210. The van der Waals surface area contributed by atoms with Gasteiger partial charge in [-0.25, -0.2) is 9.37 Å². The molecule has 0 bridgehead atoms. The fourth-order valence-electron chi connectivity index (χ4n) is 3.84. The lowest BCUT2D eigenvalue weighted by Crippen LogP contribution is -2.11. The Balaban J connectivity index is 1.46. The van der Waals surface area contributed by atoms with Gasteiger partial charge in [-0.15, -0.1) is 0 Å². The van der Waals surface area contributed by atoms with Gasteiger partial charge in [0.25, 0.3) is 0 Å². The van der Waals surface area contributed by atoms with Crippen molar-refractivity contribution in [1.29, 1.82) is 0 Å². The number of nitrogens with zero attached hydrogens (tertiary/aromatic N) is 4. The van der Waals surface area contributed by atoms with Crippen molar-refractivity contribution in [2.24, 2.45) is 0 Å². The number of imidazole rings is 1. The predicted octanol–water partition coefficient (Wildman–Crippen LogP) is 4.39. The highest BCUT2D eigenvalue weighted by molar-refractivity contribution is 5.97. The number of carbonyl (C=O) groups is 1. The molecule has 6 heteroatoms. The average Bonchev–Trinajstić information content (AvgIpc) is 3.18.